The van der Waals surface area contributed by atoms with Crippen molar-refractivity contribution in [3.8, 4) is 12.1 Å². The summed E-state index contributed by atoms with van der Waals surface area (Å²) < 4.78 is 5.05. The van der Waals surface area contributed by atoms with E-state index in [1.807, 2.05) is 32.9 Å². The van der Waals surface area contributed by atoms with E-state index in [4.69, 9.17) is 15.3 Å². The van der Waals surface area contributed by atoms with E-state index < -0.39 is 11.9 Å². The number of nitrogens with zero attached hydrogens (tertiary/aromatic N) is 3. The molecule has 1 atom stereocenters. The van der Waals surface area contributed by atoms with Crippen LogP contribution in [0.5, 0.6) is 0 Å². The SMILES string of the molecule is CC.CCSc1cc(C(C#N)C(=O)OC(C)C)cnc1C#N. The summed E-state index contributed by atoms with van der Waals surface area (Å²) in [5.41, 5.74) is 0.752. The molecule has 0 N–H and O–H groups in total. The van der Waals surface area contributed by atoms with Crippen LogP contribution in [0.15, 0.2) is 17.2 Å². The molecule has 0 saturated heterocycles. The molecule has 1 rings (SSSR count). The van der Waals surface area contributed by atoms with Crippen LogP contribution in [0.4, 0.5) is 0 Å². The Morgan fingerprint density at radius 3 is 2.50 bits per heavy atom. The normalized spacial score (nSPS) is 10.7. The predicted molar refractivity (Wildman–Crippen MR) is 86.3 cm³/mol. The zero-order valence-electron chi connectivity index (χ0n) is 13.6. The summed E-state index contributed by atoms with van der Waals surface area (Å²) in [5, 5.41) is 18.1. The van der Waals surface area contributed by atoms with Crippen molar-refractivity contribution >= 4 is 17.7 Å². The molecule has 5 nitrogen and oxygen atoms in total. The highest BCUT2D eigenvalue weighted by Gasteiger charge is 2.24. The Hall–Kier alpha value is -2.05. The van der Waals surface area contributed by atoms with Crippen LogP contribution in [-0.4, -0.2) is 22.8 Å². The summed E-state index contributed by atoms with van der Waals surface area (Å²) >= 11 is 1.45. The second-order valence-electron chi connectivity index (χ2n) is 4.21. The second-order valence-corrected chi connectivity index (χ2v) is 5.51. The van der Waals surface area contributed by atoms with E-state index in [9.17, 15) is 4.79 Å². The average molecular weight is 319 g/mol. The van der Waals surface area contributed by atoms with Crippen molar-refractivity contribution in [3.05, 3.63) is 23.5 Å². The second kappa shape index (κ2) is 10.6. The van der Waals surface area contributed by atoms with Gasteiger partial charge in [0, 0.05) is 11.1 Å². The van der Waals surface area contributed by atoms with Gasteiger partial charge in [-0.1, -0.05) is 20.8 Å². The van der Waals surface area contributed by atoms with Gasteiger partial charge in [-0.05, 0) is 31.2 Å². The summed E-state index contributed by atoms with van der Waals surface area (Å²) in [6.45, 7) is 9.40. The Balaban J connectivity index is 0.00000211. The highest BCUT2D eigenvalue weighted by Crippen LogP contribution is 2.26. The minimum Gasteiger partial charge on any atom is -0.462 e. The molecule has 0 aromatic carbocycles. The lowest BCUT2D eigenvalue weighted by atomic mass is 10.0. The van der Waals surface area contributed by atoms with Crippen LogP contribution in [0.1, 0.15) is 51.8 Å². The summed E-state index contributed by atoms with van der Waals surface area (Å²) in [4.78, 5) is 16.5. The first kappa shape index (κ1) is 19.9. The van der Waals surface area contributed by atoms with Crippen LogP contribution in [0, 0.1) is 22.7 Å². The van der Waals surface area contributed by atoms with Crippen molar-refractivity contribution in [1.29, 1.82) is 10.5 Å². The number of thioether (sulfide) groups is 1. The van der Waals surface area contributed by atoms with Gasteiger partial charge in [0.1, 0.15) is 6.07 Å². The number of carbonyl (C=O) groups is 1. The van der Waals surface area contributed by atoms with Gasteiger partial charge in [0.15, 0.2) is 11.6 Å². The number of nitriles is 2. The maximum absolute atomic E-state index is 11.9. The molecule has 1 heterocycles. The maximum Gasteiger partial charge on any atom is 0.328 e. The van der Waals surface area contributed by atoms with Gasteiger partial charge in [0.2, 0.25) is 0 Å². The smallest absolute Gasteiger partial charge is 0.328 e. The fraction of sp³-hybridized carbons (Fsp3) is 0.500. The van der Waals surface area contributed by atoms with E-state index in [-0.39, 0.29) is 6.10 Å². The van der Waals surface area contributed by atoms with Gasteiger partial charge in [-0.2, -0.15) is 10.5 Å². The van der Waals surface area contributed by atoms with Crippen molar-refractivity contribution in [2.75, 3.05) is 5.75 Å². The first-order valence-corrected chi connectivity index (χ1v) is 8.15. The Morgan fingerprint density at radius 1 is 1.41 bits per heavy atom. The molecule has 6 heteroatoms. The van der Waals surface area contributed by atoms with E-state index in [2.05, 4.69) is 4.98 Å². The van der Waals surface area contributed by atoms with Gasteiger partial charge in [-0.15, -0.1) is 11.8 Å². The zero-order valence-corrected chi connectivity index (χ0v) is 14.4. The number of hydrogen-bond donors (Lipinski definition) is 0. The number of pyridine rings is 1. The molecule has 0 saturated carbocycles. The van der Waals surface area contributed by atoms with Gasteiger partial charge in [0.25, 0.3) is 0 Å². The molecule has 0 bridgehead atoms. The lowest BCUT2D eigenvalue weighted by molar-refractivity contribution is -0.147. The Labute approximate surface area is 136 Å². The van der Waals surface area contributed by atoms with E-state index >= 15 is 0 Å². The quantitative estimate of drug-likeness (QED) is 0.608. The number of ether oxygens (including phenoxy) is 1. The molecule has 0 aliphatic rings. The van der Waals surface area contributed by atoms with Gasteiger partial charge in [0.05, 0.1) is 12.2 Å². The molecule has 0 aliphatic heterocycles. The maximum atomic E-state index is 11.9. The van der Waals surface area contributed by atoms with Crippen LogP contribution >= 0.6 is 11.8 Å². The van der Waals surface area contributed by atoms with E-state index in [1.165, 1.54) is 18.0 Å². The highest BCUT2D eigenvalue weighted by molar-refractivity contribution is 7.99. The number of carbonyl (C=O) groups excluding carboxylic acids is 1. The zero-order chi connectivity index (χ0) is 17.1. The Bertz CT molecular complexity index is 574. The molecule has 0 aliphatic carbocycles. The van der Waals surface area contributed by atoms with Crippen LogP contribution in [0.25, 0.3) is 0 Å². The van der Waals surface area contributed by atoms with Crippen molar-refractivity contribution in [2.24, 2.45) is 0 Å². The molecule has 0 radical (unpaired) electrons. The van der Waals surface area contributed by atoms with Crippen molar-refractivity contribution < 1.29 is 9.53 Å². The third-order valence-electron chi connectivity index (χ3n) is 2.33. The highest BCUT2D eigenvalue weighted by atomic mass is 32.2. The van der Waals surface area contributed by atoms with Gasteiger partial charge < -0.3 is 4.74 Å². The van der Waals surface area contributed by atoms with Crippen LogP contribution < -0.4 is 0 Å². The van der Waals surface area contributed by atoms with Crippen molar-refractivity contribution in [3.63, 3.8) is 0 Å². The van der Waals surface area contributed by atoms with E-state index in [1.54, 1.807) is 19.9 Å². The van der Waals surface area contributed by atoms with E-state index in [0.29, 0.717) is 16.2 Å². The topological polar surface area (TPSA) is 86.8 Å². The van der Waals surface area contributed by atoms with Crippen LogP contribution in [-0.2, 0) is 9.53 Å². The summed E-state index contributed by atoms with van der Waals surface area (Å²) in [6, 6.07) is 5.58. The number of esters is 1. The molecule has 1 aromatic heterocycles. The largest absolute Gasteiger partial charge is 0.462 e. The molecule has 0 spiro atoms. The number of aromatic nitrogens is 1. The molecule has 118 valence electrons. The first-order chi connectivity index (χ1) is 10.5. The average Bonchev–Trinajstić information content (AvgIpc) is 2.50. The summed E-state index contributed by atoms with van der Waals surface area (Å²) in [7, 11) is 0. The third kappa shape index (κ3) is 5.75. The van der Waals surface area contributed by atoms with E-state index in [0.717, 1.165) is 5.75 Å². The summed E-state index contributed by atoms with van der Waals surface area (Å²) in [5.74, 6) is -0.844. The van der Waals surface area contributed by atoms with Crippen LogP contribution in [0.3, 0.4) is 0 Å². The minimum atomic E-state index is -1.02. The predicted octanol–water partition coefficient (Wildman–Crippen LogP) is 3.65. The monoisotopic (exact) mass is 319 g/mol. The van der Waals surface area contributed by atoms with Crippen molar-refractivity contribution in [1.82, 2.24) is 4.98 Å². The van der Waals surface area contributed by atoms with Gasteiger partial charge >= 0.3 is 5.97 Å². The molecular formula is C16H21N3O2S. The molecule has 1 unspecified atom stereocenters. The minimum absolute atomic E-state index is 0.283. The molecular weight excluding hydrogens is 298 g/mol. The van der Waals surface area contributed by atoms with Crippen LogP contribution in [0.2, 0.25) is 0 Å². The van der Waals surface area contributed by atoms with Gasteiger partial charge in [-0.3, -0.25) is 4.79 Å². The fourth-order valence-corrected chi connectivity index (χ4v) is 2.30. The summed E-state index contributed by atoms with van der Waals surface area (Å²) in [6.07, 6.45) is 1.10. The number of hydrogen-bond acceptors (Lipinski definition) is 6. The lowest BCUT2D eigenvalue weighted by Gasteiger charge is -2.13. The lowest BCUT2D eigenvalue weighted by Crippen LogP contribution is -2.19. The molecule has 0 amide bonds. The van der Waals surface area contributed by atoms with Gasteiger partial charge in [-0.25, -0.2) is 4.98 Å². The molecule has 1 aromatic rings. The Kier molecular flexibility index (Phi) is 9.65. The first-order valence-electron chi connectivity index (χ1n) is 7.16. The molecule has 0 fully saturated rings. The fourth-order valence-electron chi connectivity index (χ4n) is 1.53. The Morgan fingerprint density at radius 2 is 2.05 bits per heavy atom. The number of rotatable bonds is 5. The third-order valence-corrected chi connectivity index (χ3v) is 3.24. The van der Waals surface area contributed by atoms with Crippen molar-refractivity contribution in [2.45, 2.75) is 51.5 Å². The standard InChI is InChI=1S/C14H15N3O2S.C2H6/c1-4-20-13-5-10(8-17-12(13)7-16)11(6-15)14(18)19-9(2)3;1-2/h5,8-9,11H,4H2,1-3H3;1-2H3. The molecule has 22 heavy (non-hydrogen) atoms.